The molecule has 2 nitrogen and oxygen atoms in total. The molecule has 0 amide bonds. The van der Waals surface area contributed by atoms with Crippen LogP contribution >= 0.6 is 45.9 Å². The molecule has 2 aromatic heterocycles. The summed E-state index contributed by atoms with van der Waals surface area (Å²) in [5, 5.41) is -0.741. The first-order valence-electron chi connectivity index (χ1n) is 13.6. The molecule has 2 aliphatic rings. The van der Waals surface area contributed by atoms with Gasteiger partial charge >= 0.3 is 0 Å². The average Bonchev–Trinajstić information content (AvgIpc) is 3.30. The van der Waals surface area contributed by atoms with E-state index in [0.29, 0.717) is 23.0 Å². The van der Waals surface area contributed by atoms with Crippen LogP contribution in [0.3, 0.4) is 0 Å². The SMILES string of the molecule is O=C(Cl)c1c(C2CCCCCCCCCCC2)sc2c(C(=O)Cl)c(C3CCCCCCC3)sc12. The average molecular weight is 542 g/mol. The zero-order valence-electron chi connectivity index (χ0n) is 20.3. The highest BCUT2D eigenvalue weighted by Gasteiger charge is 2.32. The van der Waals surface area contributed by atoms with Gasteiger partial charge in [0.15, 0.2) is 0 Å². The van der Waals surface area contributed by atoms with E-state index in [9.17, 15) is 9.59 Å². The van der Waals surface area contributed by atoms with E-state index in [1.165, 1.54) is 89.9 Å². The molecule has 2 saturated carbocycles. The van der Waals surface area contributed by atoms with E-state index >= 15 is 0 Å². The zero-order valence-corrected chi connectivity index (χ0v) is 23.4. The smallest absolute Gasteiger partial charge is 0.254 e. The van der Waals surface area contributed by atoms with Gasteiger partial charge in [0.2, 0.25) is 0 Å². The van der Waals surface area contributed by atoms with Crippen LogP contribution in [0.2, 0.25) is 0 Å². The molecule has 34 heavy (non-hydrogen) atoms. The fourth-order valence-electron chi connectivity index (χ4n) is 6.06. The Hall–Kier alpha value is -0.420. The van der Waals surface area contributed by atoms with Crippen molar-refractivity contribution in [1.82, 2.24) is 0 Å². The summed E-state index contributed by atoms with van der Waals surface area (Å²) in [4.78, 5) is 27.7. The van der Waals surface area contributed by atoms with Gasteiger partial charge in [-0.1, -0.05) is 89.9 Å². The first-order chi connectivity index (χ1) is 16.6. The summed E-state index contributed by atoms with van der Waals surface area (Å²) in [6.07, 6.45) is 22.2. The van der Waals surface area contributed by atoms with Crippen LogP contribution in [-0.4, -0.2) is 10.5 Å². The molecule has 4 rings (SSSR count). The molecule has 2 fully saturated rings. The molecule has 6 heteroatoms. The second-order valence-corrected chi connectivity index (χ2v) is 13.2. The lowest BCUT2D eigenvalue weighted by Gasteiger charge is -2.20. The van der Waals surface area contributed by atoms with Crippen molar-refractivity contribution in [2.45, 2.75) is 127 Å². The number of carbonyl (C=O) groups excluding carboxylic acids is 2. The van der Waals surface area contributed by atoms with Gasteiger partial charge in [-0.2, -0.15) is 0 Å². The van der Waals surface area contributed by atoms with Gasteiger partial charge in [-0.05, 0) is 60.7 Å². The molecular weight excluding hydrogens is 503 g/mol. The first kappa shape index (κ1) is 26.6. The summed E-state index contributed by atoms with van der Waals surface area (Å²) in [6.45, 7) is 0. The maximum atomic E-state index is 12.8. The van der Waals surface area contributed by atoms with Crippen molar-refractivity contribution in [2.24, 2.45) is 0 Å². The summed E-state index contributed by atoms with van der Waals surface area (Å²) in [7, 11) is 0. The van der Waals surface area contributed by atoms with Gasteiger partial charge in [-0.3, -0.25) is 9.59 Å². The Kier molecular flexibility index (Phi) is 10.4. The molecule has 2 aromatic rings. The van der Waals surface area contributed by atoms with E-state index in [1.807, 2.05) is 0 Å². The van der Waals surface area contributed by atoms with E-state index in [2.05, 4.69) is 0 Å². The Labute approximate surface area is 222 Å². The van der Waals surface area contributed by atoms with Gasteiger partial charge in [0.25, 0.3) is 10.5 Å². The lowest BCUT2D eigenvalue weighted by molar-refractivity contribution is 0.107. The topological polar surface area (TPSA) is 34.1 Å². The van der Waals surface area contributed by atoms with E-state index in [4.69, 9.17) is 23.2 Å². The quantitative estimate of drug-likeness (QED) is 0.361. The van der Waals surface area contributed by atoms with Crippen molar-refractivity contribution in [3.05, 3.63) is 20.9 Å². The second kappa shape index (κ2) is 13.2. The van der Waals surface area contributed by atoms with Crippen LogP contribution in [0.25, 0.3) is 9.40 Å². The standard InChI is InChI=1S/C28H38Cl2O2S2/c29-27(31)21-23(19-15-11-7-4-2-1-3-5-8-12-16-19)33-26-22(28(30)32)24(34-25(21)26)20-17-13-9-6-10-14-18-20/h19-20H,1-18H2. The number of halogens is 2. The summed E-state index contributed by atoms with van der Waals surface area (Å²) >= 11 is 15.8. The third-order valence-corrected chi connectivity index (χ3v) is 11.2. The first-order valence-corrected chi connectivity index (χ1v) is 16.0. The van der Waals surface area contributed by atoms with Gasteiger partial charge in [0.1, 0.15) is 0 Å². The number of thiophene rings is 2. The van der Waals surface area contributed by atoms with Crippen LogP contribution < -0.4 is 0 Å². The van der Waals surface area contributed by atoms with E-state index in [1.54, 1.807) is 22.7 Å². The largest absolute Gasteiger partial charge is 0.276 e. The minimum Gasteiger partial charge on any atom is -0.276 e. The summed E-state index contributed by atoms with van der Waals surface area (Å²) in [5.41, 5.74) is 1.36. The lowest BCUT2D eigenvalue weighted by Crippen LogP contribution is -2.05. The Morgan fingerprint density at radius 1 is 0.500 bits per heavy atom. The van der Waals surface area contributed by atoms with Crippen molar-refractivity contribution in [1.29, 1.82) is 0 Å². The summed E-state index contributed by atoms with van der Waals surface area (Å²) in [5.74, 6) is 0.718. The molecule has 0 saturated heterocycles. The number of carbonyl (C=O) groups is 2. The van der Waals surface area contributed by atoms with Crippen LogP contribution in [-0.2, 0) is 0 Å². The normalized spacial score (nSPS) is 20.9. The van der Waals surface area contributed by atoms with Gasteiger partial charge in [-0.15, -0.1) is 22.7 Å². The Morgan fingerprint density at radius 3 is 1.03 bits per heavy atom. The Morgan fingerprint density at radius 2 is 0.765 bits per heavy atom. The van der Waals surface area contributed by atoms with Crippen molar-refractivity contribution < 1.29 is 9.59 Å². The van der Waals surface area contributed by atoms with Crippen LogP contribution in [0.4, 0.5) is 0 Å². The highest BCUT2D eigenvalue weighted by molar-refractivity contribution is 7.29. The van der Waals surface area contributed by atoms with Crippen LogP contribution in [0, 0.1) is 0 Å². The molecule has 0 bridgehead atoms. The predicted molar refractivity (Wildman–Crippen MR) is 149 cm³/mol. The van der Waals surface area contributed by atoms with Gasteiger partial charge in [-0.25, -0.2) is 0 Å². The number of hydrogen-bond acceptors (Lipinski definition) is 4. The number of rotatable bonds is 4. The van der Waals surface area contributed by atoms with Crippen molar-refractivity contribution in [2.75, 3.05) is 0 Å². The monoisotopic (exact) mass is 540 g/mol. The van der Waals surface area contributed by atoms with Crippen molar-refractivity contribution in [3.63, 3.8) is 0 Å². The zero-order chi connectivity index (χ0) is 23.9. The molecule has 0 spiro atoms. The minimum atomic E-state index is -0.372. The van der Waals surface area contributed by atoms with Gasteiger partial charge in [0, 0.05) is 9.75 Å². The van der Waals surface area contributed by atoms with Crippen LogP contribution in [0.1, 0.15) is 158 Å². The minimum absolute atomic E-state index is 0.352. The Balaban J connectivity index is 1.71. The van der Waals surface area contributed by atoms with Crippen molar-refractivity contribution >= 4 is 65.8 Å². The summed E-state index contributed by atoms with van der Waals surface area (Å²) < 4.78 is 1.85. The molecule has 188 valence electrons. The maximum Gasteiger partial charge on any atom is 0.254 e. The fourth-order valence-corrected chi connectivity index (χ4v) is 9.89. The lowest BCUT2D eigenvalue weighted by atomic mass is 9.89. The molecule has 0 radical (unpaired) electrons. The third-order valence-electron chi connectivity index (χ3n) is 7.92. The molecule has 2 aliphatic carbocycles. The molecule has 0 atom stereocenters. The van der Waals surface area contributed by atoms with E-state index in [-0.39, 0.29) is 10.5 Å². The molecule has 0 N–H and O–H groups in total. The molecule has 0 aromatic carbocycles. The van der Waals surface area contributed by atoms with E-state index in [0.717, 1.165) is 44.8 Å². The maximum absolute atomic E-state index is 12.8. The highest BCUT2D eigenvalue weighted by Crippen LogP contribution is 2.50. The van der Waals surface area contributed by atoms with Crippen LogP contribution in [0.5, 0.6) is 0 Å². The predicted octanol–water partition coefficient (Wildman–Crippen LogP) is 10.9. The Bertz CT molecular complexity index is 957. The molecular formula is C28H38Cl2O2S2. The van der Waals surface area contributed by atoms with Crippen LogP contribution in [0.15, 0.2) is 0 Å². The molecule has 0 aliphatic heterocycles. The second-order valence-electron chi connectivity index (χ2n) is 10.4. The van der Waals surface area contributed by atoms with Crippen molar-refractivity contribution in [3.8, 4) is 0 Å². The molecule has 0 unspecified atom stereocenters. The van der Waals surface area contributed by atoms with E-state index < -0.39 is 0 Å². The van der Waals surface area contributed by atoms with Gasteiger partial charge < -0.3 is 0 Å². The van der Waals surface area contributed by atoms with Gasteiger partial charge in [0.05, 0.1) is 20.5 Å². The third kappa shape index (κ3) is 6.47. The number of fused-ring (bicyclic) bond motifs is 1. The highest BCUT2D eigenvalue weighted by atomic mass is 35.5. The number of hydrogen-bond donors (Lipinski definition) is 0. The molecule has 2 heterocycles. The fraction of sp³-hybridized carbons (Fsp3) is 0.714. The summed E-state index contributed by atoms with van der Waals surface area (Å²) in [6, 6.07) is 0.